The number of aromatic nitrogens is 1. The molecule has 11 heteroatoms. The Morgan fingerprint density at radius 1 is 0.625 bits per heavy atom. The van der Waals surface area contributed by atoms with Crippen molar-refractivity contribution in [1.82, 2.24) is 0 Å². The molecule has 0 fully saturated rings. The maximum Gasteiger partial charge on any atom is 0.166 e. The van der Waals surface area contributed by atoms with Gasteiger partial charge in [-0.2, -0.15) is 0 Å². The Balaban J connectivity index is -0.000000121. The van der Waals surface area contributed by atoms with Gasteiger partial charge in [0.2, 0.25) is 0 Å². The molecular weight excluding hydrogens is 385 g/mol. The van der Waals surface area contributed by atoms with Crippen molar-refractivity contribution in [2.45, 2.75) is 27.7 Å². The van der Waals surface area contributed by atoms with E-state index < -0.39 is 0 Å². The van der Waals surface area contributed by atoms with E-state index in [0.29, 0.717) is 22.8 Å². The van der Waals surface area contributed by atoms with E-state index in [1.165, 1.54) is 27.7 Å². The van der Waals surface area contributed by atoms with Gasteiger partial charge in [0.1, 0.15) is 22.8 Å². The van der Waals surface area contributed by atoms with Crippen LogP contribution in [0.1, 0.15) is 27.7 Å². The number of aromatic amines is 1. The molecule has 1 aromatic heterocycles. The number of pyridine rings is 1. The zero-order valence-electron chi connectivity index (χ0n) is 13.7. The molecule has 0 bridgehead atoms. The summed E-state index contributed by atoms with van der Waals surface area (Å²) >= 11 is 0. The van der Waals surface area contributed by atoms with Crippen LogP contribution in [0.3, 0.4) is 0 Å². The Hall–Kier alpha value is -2.17. The van der Waals surface area contributed by atoms with Crippen LogP contribution in [0.15, 0.2) is 51.2 Å². The molecular formula is C13H22ClCoN5O4. The third kappa shape index (κ3) is 17.9. The third-order valence-electron chi connectivity index (χ3n) is 2.25. The van der Waals surface area contributed by atoms with Crippen LogP contribution in [-0.2, 0) is 16.8 Å². The first-order valence-corrected chi connectivity index (χ1v) is 6.11. The van der Waals surface area contributed by atoms with Crippen molar-refractivity contribution in [3.05, 3.63) is 30.6 Å². The Morgan fingerprint density at radius 3 is 0.958 bits per heavy atom. The normalized spacial score (nSPS) is 11.5. The molecule has 5 N–H and O–H groups in total. The van der Waals surface area contributed by atoms with E-state index in [-0.39, 0.29) is 29.2 Å². The molecule has 0 spiro atoms. The summed E-state index contributed by atoms with van der Waals surface area (Å²) in [5, 5.41) is 43.3. The molecule has 0 aliphatic carbocycles. The molecule has 0 atom stereocenters. The van der Waals surface area contributed by atoms with Crippen molar-refractivity contribution in [2.75, 3.05) is 0 Å². The van der Waals surface area contributed by atoms with Gasteiger partial charge in [0.05, 0.1) is 0 Å². The predicted octanol–water partition coefficient (Wildman–Crippen LogP) is -1.12. The van der Waals surface area contributed by atoms with Crippen molar-refractivity contribution in [2.24, 2.45) is 20.6 Å². The van der Waals surface area contributed by atoms with Crippen LogP contribution in [0.4, 0.5) is 0 Å². The number of rotatable bonds is 2. The number of halogens is 1. The molecule has 1 aromatic rings. The van der Waals surface area contributed by atoms with Gasteiger partial charge >= 0.3 is 0 Å². The van der Waals surface area contributed by atoms with E-state index in [1.54, 1.807) is 0 Å². The molecule has 0 unspecified atom stereocenters. The molecule has 0 amide bonds. The molecule has 24 heavy (non-hydrogen) atoms. The van der Waals surface area contributed by atoms with Gasteiger partial charge in [0.15, 0.2) is 12.4 Å². The molecule has 1 radical (unpaired) electrons. The molecule has 1 heterocycles. The van der Waals surface area contributed by atoms with E-state index in [4.69, 9.17) is 20.8 Å². The van der Waals surface area contributed by atoms with Crippen LogP contribution in [0.2, 0.25) is 0 Å². The fraction of sp³-hybridized carbons (Fsp3) is 0.308. The number of H-pyrrole nitrogens is 1. The van der Waals surface area contributed by atoms with Gasteiger partial charge in [-0.3, -0.25) is 0 Å². The average Bonchev–Trinajstić information content (AvgIpc) is 2.61. The first-order valence-electron chi connectivity index (χ1n) is 6.11. The van der Waals surface area contributed by atoms with E-state index in [0.717, 1.165) is 0 Å². The first kappa shape index (κ1) is 29.8. The van der Waals surface area contributed by atoms with E-state index in [9.17, 15) is 0 Å². The van der Waals surface area contributed by atoms with Crippen molar-refractivity contribution >= 4 is 22.8 Å². The van der Waals surface area contributed by atoms with Crippen molar-refractivity contribution in [1.29, 1.82) is 0 Å². The van der Waals surface area contributed by atoms with E-state index in [2.05, 4.69) is 25.6 Å². The largest absolute Gasteiger partial charge is 1.00 e. The molecule has 0 aliphatic heterocycles. The Morgan fingerprint density at radius 2 is 0.875 bits per heavy atom. The summed E-state index contributed by atoms with van der Waals surface area (Å²) in [6.07, 6.45) is 3.75. The smallest absolute Gasteiger partial charge is 0.166 e. The van der Waals surface area contributed by atoms with Crippen LogP contribution < -0.4 is 17.4 Å². The van der Waals surface area contributed by atoms with Gasteiger partial charge in [-0.15, -0.1) is 0 Å². The second-order valence-corrected chi connectivity index (χ2v) is 3.82. The zero-order valence-corrected chi connectivity index (χ0v) is 15.5. The Bertz CT molecular complexity index is 434. The van der Waals surface area contributed by atoms with Gasteiger partial charge in [0.25, 0.3) is 0 Å². The maximum absolute atomic E-state index is 8.03. The van der Waals surface area contributed by atoms with Gasteiger partial charge in [-0.05, 0) is 27.7 Å². The first-order chi connectivity index (χ1) is 10.4. The van der Waals surface area contributed by atoms with Crippen LogP contribution in [0.25, 0.3) is 0 Å². The SMILES string of the molecule is CC(=NO)C(C)=NO.CC(=NO)C(C)=NO.[Cl-].[Co].c1cc[nH+]cc1. The standard InChI is InChI=1S/C5H5N.2C4H8N2O2.ClH.Co/c1-2-4-6-5-3-1;2*1-3(5-7)4(2)6-8;;/h1-5H;2*7-8H,1-2H3;1H;. The van der Waals surface area contributed by atoms with Crippen molar-refractivity contribution in [3.63, 3.8) is 0 Å². The summed E-state index contributed by atoms with van der Waals surface area (Å²) < 4.78 is 0. The minimum absolute atomic E-state index is 0. The second-order valence-electron chi connectivity index (χ2n) is 3.82. The molecule has 0 saturated carbocycles. The van der Waals surface area contributed by atoms with Gasteiger partial charge in [-0.1, -0.05) is 26.7 Å². The van der Waals surface area contributed by atoms with E-state index >= 15 is 0 Å². The minimum Gasteiger partial charge on any atom is -1.00 e. The molecule has 139 valence electrons. The van der Waals surface area contributed by atoms with Gasteiger partial charge < -0.3 is 33.2 Å². The summed E-state index contributed by atoms with van der Waals surface area (Å²) in [6, 6.07) is 5.86. The Kier molecular flexibility index (Phi) is 25.9. The summed E-state index contributed by atoms with van der Waals surface area (Å²) in [5.41, 5.74) is 1.25. The summed E-state index contributed by atoms with van der Waals surface area (Å²) in [4.78, 5) is 2.89. The molecule has 1 rings (SSSR count). The number of hydrogen-bond acceptors (Lipinski definition) is 8. The molecule has 0 aliphatic rings. The van der Waals surface area contributed by atoms with Gasteiger partial charge in [-0.25, -0.2) is 4.98 Å². The molecule has 0 aromatic carbocycles. The summed E-state index contributed by atoms with van der Waals surface area (Å²) in [5.74, 6) is 0. The fourth-order valence-corrected chi connectivity index (χ4v) is 0.631. The summed E-state index contributed by atoms with van der Waals surface area (Å²) in [6.45, 7) is 6.15. The second kappa shape index (κ2) is 20.8. The predicted molar refractivity (Wildman–Crippen MR) is 82.6 cm³/mol. The monoisotopic (exact) mass is 406 g/mol. The van der Waals surface area contributed by atoms with Crippen LogP contribution in [0.5, 0.6) is 0 Å². The van der Waals surface area contributed by atoms with E-state index in [1.807, 2.05) is 30.6 Å². The van der Waals surface area contributed by atoms with Crippen LogP contribution >= 0.6 is 0 Å². The topological polar surface area (TPSA) is 144 Å². The van der Waals surface area contributed by atoms with Crippen molar-refractivity contribution < 1.29 is 55.0 Å². The average molecular weight is 407 g/mol. The third-order valence-corrected chi connectivity index (χ3v) is 2.25. The van der Waals surface area contributed by atoms with Crippen LogP contribution in [0, 0.1) is 0 Å². The Labute approximate surface area is 157 Å². The number of hydrogen-bond donors (Lipinski definition) is 4. The summed E-state index contributed by atoms with van der Waals surface area (Å²) in [7, 11) is 0. The molecule has 0 saturated heterocycles. The minimum atomic E-state index is 0. The van der Waals surface area contributed by atoms with Crippen molar-refractivity contribution in [3.8, 4) is 0 Å². The van der Waals surface area contributed by atoms with Crippen LogP contribution in [-0.4, -0.2) is 43.7 Å². The number of oxime groups is 4. The molecule has 9 nitrogen and oxygen atoms in total. The maximum atomic E-state index is 8.03. The van der Waals surface area contributed by atoms with Gasteiger partial charge in [0, 0.05) is 28.9 Å². The fourth-order valence-electron chi connectivity index (χ4n) is 0.631. The zero-order chi connectivity index (χ0) is 17.4. The quantitative estimate of drug-likeness (QED) is 0.280. The number of nitrogens with one attached hydrogen (secondary N) is 1. The number of nitrogens with zero attached hydrogens (tertiary/aromatic N) is 4.